The molecule has 0 saturated heterocycles. The molecular weight excluding hydrogens is 438 g/mol. The minimum Gasteiger partial charge on any atom is -0.426 e. The molecule has 0 heterocycles. The van der Waals surface area contributed by atoms with Crippen molar-refractivity contribution in [2.75, 3.05) is 6.54 Å². The third-order valence-corrected chi connectivity index (χ3v) is 4.63. The van der Waals surface area contributed by atoms with Gasteiger partial charge in [0.15, 0.2) is 5.03 Å². The zero-order valence-corrected chi connectivity index (χ0v) is 18.7. The van der Waals surface area contributed by atoms with Crippen molar-refractivity contribution in [1.29, 1.82) is 5.41 Å². The number of rotatable bonds is 12. The lowest BCUT2D eigenvalue weighted by Crippen LogP contribution is -2.54. The first-order chi connectivity index (χ1) is 15.4. The van der Waals surface area contributed by atoms with Crippen molar-refractivity contribution in [3.05, 3.63) is 45.3 Å². The van der Waals surface area contributed by atoms with Crippen LogP contribution in [0.5, 0.6) is 0 Å². The highest BCUT2D eigenvalue weighted by Crippen LogP contribution is 2.11. The smallest absolute Gasteiger partial charge is 0.426 e. The van der Waals surface area contributed by atoms with Crippen LogP contribution in [0.25, 0.3) is 0 Å². The fourth-order valence-corrected chi connectivity index (χ4v) is 2.99. The number of hydrogen-bond acceptors (Lipinski definition) is 7. The number of nitro groups is 1. The molecule has 1 aromatic carbocycles. The number of hydrogen-bond donors (Lipinski definition) is 7. The summed E-state index contributed by atoms with van der Waals surface area (Å²) in [5.74, 6) is -3.20. The average Bonchev–Trinajstić information content (AvgIpc) is 2.70. The molecule has 2 atom stereocenters. The molecule has 12 nitrogen and oxygen atoms in total. The van der Waals surface area contributed by atoms with Crippen LogP contribution in [0.4, 0.5) is 4.39 Å². The summed E-state index contributed by atoms with van der Waals surface area (Å²) in [5, 5.41) is 43.5. The van der Waals surface area contributed by atoms with Crippen LogP contribution in [-0.2, 0) is 4.79 Å². The molecule has 7 N–H and O–H groups in total. The van der Waals surface area contributed by atoms with Gasteiger partial charge in [-0.3, -0.25) is 15.0 Å². The quantitative estimate of drug-likeness (QED) is 0.0551. The van der Waals surface area contributed by atoms with Gasteiger partial charge in [-0.05, 0) is 55.9 Å². The zero-order chi connectivity index (χ0) is 25.1. The Bertz CT molecular complexity index is 856. The summed E-state index contributed by atoms with van der Waals surface area (Å²) in [6.07, 6.45) is 0.595. The molecular formula is C19H30BFN6O6. The van der Waals surface area contributed by atoms with Gasteiger partial charge in [0.05, 0.1) is 5.94 Å². The SMILES string of the molecule is Cc1cc(C(=O)N[C@@H](CCCNC(=N)N[N+](=O)[O-])C(=O)N[C@@H](CC(C)C)B(O)O)ccc1F. The summed E-state index contributed by atoms with van der Waals surface area (Å²) in [5.41, 5.74) is 2.03. The summed E-state index contributed by atoms with van der Waals surface area (Å²) >= 11 is 0. The van der Waals surface area contributed by atoms with E-state index in [0.717, 1.165) is 6.07 Å². The Morgan fingerprint density at radius 2 is 1.94 bits per heavy atom. The molecule has 2 amide bonds. The number of aryl methyl sites for hydroxylation is 1. The Labute approximate surface area is 191 Å². The normalized spacial score (nSPS) is 12.5. The van der Waals surface area contributed by atoms with Crippen molar-refractivity contribution in [1.82, 2.24) is 21.4 Å². The first kappa shape index (κ1) is 27.8. The van der Waals surface area contributed by atoms with E-state index in [9.17, 15) is 34.1 Å². The van der Waals surface area contributed by atoms with Crippen molar-refractivity contribution in [3.63, 3.8) is 0 Å². The Hall–Kier alpha value is -3.26. The van der Waals surface area contributed by atoms with Gasteiger partial charge < -0.3 is 26.0 Å². The molecule has 0 aromatic heterocycles. The lowest BCUT2D eigenvalue weighted by Gasteiger charge is -2.24. The molecule has 0 aliphatic carbocycles. The van der Waals surface area contributed by atoms with Crippen LogP contribution >= 0.6 is 0 Å². The zero-order valence-electron chi connectivity index (χ0n) is 18.7. The molecule has 0 unspecified atom stereocenters. The van der Waals surface area contributed by atoms with Crippen LogP contribution in [0.2, 0.25) is 0 Å². The maximum Gasteiger partial charge on any atom is 0.475 e. The molecule has 0 bridgehead atoms. The molecule has 0 spiro atoms. The van der Waals surface area contributed by atoms with E-state index in [4.69, 9.17) is 5.41 Å². The second-order valence-electron chi connectivity index (χ2n) is 7.96. The maximum atomic E-state index is 13.5. The van der Waals surface area contributed by atoms with Gasteiger partial charge in [-0.15, -0.1) is 0 Å². The van der Waals surface area contributed by atoms with Crippen molar-refractivity contribution in [2.45, 2.75) is 52.0 Å². The van der Waals surface area contributed by atoms with Gasteiger partial charge in [0.1, 0.15) is 11.9 Å². The van der Waals surface area contributed by atoms with E-state index in [1.165, 1.54) is 19.1 Å². The predicted molar refractivity (Wildman–Crippen MR) is 119 cm³/mol. The van der Waals surface area contributed by atoms with Gasteiger partial charge >= 0.3 is 7.12 Å². The summed E-state index contributed by atoms with van der Waals surface area (Å²) in [6.45, 7) is 5.27. The number of nitrogens with one attached hydrogen (secondary N) is 5. The largest absolute Gasteiger partial charge is 0.475 e. The summed E-state index contributed by atoms with van der Waals surface area (Å²) in [7, 11) is -1.80. The molecule has 1 rings (SSSR count). The van der Waals surface area contributed by atoms with Crippen LogP contribution in [0.15, 0.2) is 18.2 Å². The molecule has 182 valence electrons. The van der Waals surface area contributed by atoms with Crippen molar-refractivity contribution < 1.29 is 29.1 Å². The second-order valence-corrected chi connectivity index (χ2v) is 7.96. The van der Waals surface area contributed by atoms with E-state index in [1.807, 2.05) is 13.8 Å². The Kier molecular flexibility index (Phi) is 11.2. The summed E-state index contributed by atoms with van der Waals surface area (Å²) in [4.78, 5) is 35.8. The lowest BCUT2D eigenvalue weighted by atomic mass is 9.75. The molecule has 0 saturated carbocycles. The van der Waals surface area contributed by atoms with E-state index in [0.29, 0.717) is 0 Å². The van der Waals surface area contributed by atoms with Crippen LogP contribution in [0.3, 0.4) is 0 Å². The topological polar surface area (TPSA) is 190 Å². The van der Waals surface area contributed by atoms with Crippen LogP contribution in [-0.4, -0.2) is 58.5 Å². The van der Waals surface area contributed by atoms with Crippen molar-refractivity contribution in [3.8, 4) is 0 Å². The number of amides is 2. The molecule has 0 fully saturated rings. The van der Waals surface area contributed by atoms with Crippen LogP contribution in [0, 0.1) is 34.2 Å². The fourth-order valence-electron chi connectivity index (χ4n) is 2.99. The highest BCUT2D eigenvalue weighted by atomic mass is 19.1. The first-order valence-electron chi connectivity index (χ1n) is 10.4. The van der Waals surface area contributed by atoms with Gasteiger partial charge in [0.2, 0.25) is 5.91 Å². The van der Waals surface area contributed by atoms with Gasteiger partial charge in [0, 0.05) is 12.1 Å². The standard InChI is InChI=1S/C19H30BFN6O6/c1-11(2)9-16(20(30)31)25-18(29)15(5-4-8-23-19(22)26-27(32)33)24-17(28)13-6-7-14(21)12(3)10-13/h6-7,10-11,15-16,30-31H,4-5,8-9H2,1-3H3,(H,24,28)(H,25,29)(H3,22,23,26)/t15-,16-/m0/s1. The Morgan fingerprint density at radius 1 is 1.27 bits per heavy atom. The number of halogens is 1. The summed E-state index contributed by atoms with van der Waals surface area (Å²) in [6, 6.07) is 2.66. The Morgan fingerprint density at radius 3 is 2.48 bits per heavy atom. The average molecular weight is 468 g/mol. The molecule has 14 heteroatoms. The van der Waals surface area contributed by atoms with Crippen LogP contribution < -0.4 is 21.4 Å². The number of carbonyl (C=O) groups excluding carboxylic acids is 2. The third kappa shape index (κ3) is 10.3. The second kappa shape index (κ2) is 13.3. The van der Waals surface area contributed by atoms with Gasteiger partial charge in [-0.2, -0.15) is 0 Å². The van der Waals surface area contributed by atoms with E-state index in [-0.39, 0.29) is 42.9 Å². The molecule has 0 radical (unpaired) electrons. The number of nitrogens with zero attached hydrogens (tertiary/aromatic N) is 1. The van der Waals surface area contributed by atoms with Crippen LogP contribution in [0.1, 0.15) is 49.0 Å². The Balaban J connectivity index is 2.88. The monoisotopic (exact) mass is 468 g/mol. The molecule has 0 aliphatic rings. The number of guanidine groups is 1. The molecule has 33 heavy (non-hydrogen) atoms. The van der Waals surface area contributed by atoms with E-state index < -0.39 is 47.7 Å². The maximum absolute atomic E-state index is 13.5. The number of hydrazine groups is 1. The number of benzene rings is 1. The van der Waals surface area contributed by atoms with Gasteiger partial charge in [0.25, 0.3) is 11.9 Å². The van der Waals surface area contributed by atoms with E-state index in [1.54, 1.807) is 5.43 Å². The van der Waals surface area contributed by atoms with Gasteiger partial charge in [-0.25, -0.2) is 14.5 Å². The minimum atomic E-state index is -1.80. The fraction of sp³-hybridized carbons (Fsp3) is 0.526. The molecule has 1 aromatic rings. The van der Waals surface area contributed by atoms with Gasteiger partial charge in [-0.1, -0.05) is 19.3 Å². The van der Waals surface area contributed by atoms with Crippen molar-refractivity contribution >= 4 is 24.9 Å². The van der Waals surface area contributed by atoms with E-state index in [2.05, 4.69) is 16.0 Å². The van der Waals surface area contributed by atoms with E-state index >= 15 is 0 Å². The molecule has 0 aliphatic heterocycles. The highest BCUT2D eigenvalue weighted by molar-refractivity contribution is 6.43. The first-order valence-corrected chi connectivity index (χ1v) is 10.4. The third-order valence-electron chi connectivity index (χ3n) is 4.63. The predicted octanol–water partition coefficient (Wildman–Crippen LogP) is -0.139. The summed E-state index contributed by atoms with van der Waals surface area (Å²) < 4.78 is 13.5. The minimum absolute atomic E-state index is 0.0524. The number of carbonyl (C=O) groups is 2. The highest BCUT2D eigenvalue weighted by Gasteiger charge is 2.30. The lowest BCUT2D eigenvalue weighted by molar-refractivity contribution is -0.525. The van der Waals surface area contributed by atoms with Crippen molar-refractivity contribution in [2.24, 2.45) is 5.92 Å².